The van der Waals surface area contributed by atoms with Crippen LogP contribution in [-0.4, -0.2) is 21.6 Å². The van der Waals surface area contributed by atoms with Gasteiger partial charge in [-0.2, -0.15) is 0 Å². The van der Waals surface area contributed by atoms with Crippen molar-refractivity contribution in [3.8, 4) is 11.5 Å². The molecule has 0 unspecified atom stereocenters. The molecule has 24 heavy (non-hydrogen) atoms. The molecule has 0 saturated heterocycles. The Morgan fingerprint density at radius 1 is 1.25 bits per heavy atom. The minimum absolute atomic E-state index is 0.548. The first kappa shape index (κ1) is 16.9. The molecule has 0 radical (unpaired) electrons. The van der Waals surface area contributed by atoms with Gasteiger partial charge in [0, 0.05) is 23.5 Å². The Morgan fingerprint density at radius 2 is 2.12 bits per heavy atom. The van der Waals surface area contributed by atoms with Gasteiger partial charge < -0.3 is 4.42 Å². The van der Waals surface area contributed by atoms with E-state index in [9.17, 15) is 0 Å². The van der Waals surface area contributed by atoms with Gasteiger partial charge in [0.2, 0.25) is 11.8 Å². The molecule has 2 heterocycles. The minimum Gasteiger partial charge on any atom is -0.419 e. The Kier molecular flexibility index (Phi) is 5.45. The lowest BCUT2D eigenvalue weighted by Crippen LogP contribution is -2.22. The molecule has 0 aliphatic heterocycles. The largest absolute Gasteiger partial charge is 0.419 e. The number of halogens is 1. The first-order valence-electron chi connectivity index (χ1n) is 7.61. The van der Waals surface area contributed by atoms with Crippen LogP contribution in [0.15, 0.2) is 53.5 Å². The molecule has 0 bridgehead atoms. The minimum atomic E-state index is 0.548. The first-order chi connectivity index (χ1) is 11.6. The number of thiophene rings is 1. The highest BCUT2D eigenvalue weighted by Crippen LogP contribution is 2.24. The molecule has 0 aliphatic carbocycles. The zero-order chi connectivity index (χ0) is 16.9. The third-order valence-electron chi connectivity index (χ3n) is 3.49. The lowest BCUT2D eigenvalue weighted by molar-refractivity contribution is 0.258. The van der Waals surface area contributed by atoms with E-state index in [4.69, 9.17) is 16.0 Å². The molecule has 0 amide bonds. The maximum Gasteiger partial charge on any atom is 0.247 e. The van der Waals surface area contributed by atoms with Crippen molar-refractivity contribution in [1.82, 2.24) is 15.1 Å². The molecule has 2 aromatic heterocycles. The van der Waals surface area contributed by atoms with Crippen molar-refractivity contribution in [1.29, 1.82) is 0 Å². The van der Waals surface area contributed by atoms with Crippen molar-refractivity contribution in [2.24, 2.45) is 0 Å². The Balaban J connectivity index is 1.72. The van der Waals surface area contributed by atoms with Crippen LogP contribution in [0.3, 0.4) is 0 Å². The fraction of sp³-hybridized carbons (Fsp3) is 0.222. The molecule has 0 atom stereocenters. The molecular weight excluding hydrogens is 342 g/mol. The number of nitrogens with zero attached hydrogens (tertiary/aromatic N) is 3. The SMILES string of the molecule is C=CCN(Cc1nnc(-c2cccc(C)c2)o1)Cc1ccc(Cl)s1. The highest BCUT2D eigenvalue weighted by Gasteiger charge is 2.13. The highest BCUT2D eigenvalue weighted by molar-refractivity contribution is 7.16. The number of aromatic nitrogens is 2. The van der Waals surface area contributed by atoms with Gasteiger partial charge >= 0.3 is 0 Å². The molecule has 0 saturated carbocycles. The molecule has 6 heteroatoms. The van der Waals surface area contributed by atoms with E-state index in [1.54, 1.807) is 11.3 Å². The van der Waals surface area contributed by atoms with Gasteiger partial charge in [-0.1, -0.05) is 35.4 Å². The summed E-state index contributed by atoms with van der Waals surface area (Å²) in [5.74, 6) is 1.14. The van der Waals surface area contributed by atoms with Gasteiger partial charge in [-0.05, 0) is 31.2 Å². The van der Waals surface area contributed by atoms with Crippen LogP contribution in [0.2, 0.25) is 4.34 Å². The number of hydrogen-bond donors (Lipinski definition) is 0. The fourth-order valence-electron chi connectivity index (χ4n) is 2.43. The summed E-state index contributed by atoms with van der Waals surface area (Å²) in [6.07, 6.45) is 1.87. The van der Waals surface area contributed by atoms with Gasteiger partial charge in [0.1, 0.15) is 0 Å². The van der Waals surface area contributed by atoms with Gasteiger partial charge in [0.05, 0.1) is 10.9 Å². The summed E-state index contributed by atoms with van der Waals surface area (Å²) in [6, 6.07) is 12.0. The van der Waals surface area contributed by atoms with E-state index in [-0.39, 0.29) is 0 Å². The van der Waals surface area contributed by atoms with Crippen molar-refractivity contribution >= 4 is 22.9 Å². The van der Waals surface area contributed by atoms with E-state index in [1.807, 2.05) is 49.4 Å². The molecule has 0 aliphatic rings. The van der Waals surface area contributed by atoms with Crippen LogP contribution in [0.4, 0.5) is 0 Å². The average molecular weight is 360 g/mol. The quantitative estimate of drug-likeness (QED) is 0.560. The Hall–Kier alpha value is -1.95. The maximum absolute atomic E-state index is 6.00. The van der Waals surface area contributed by atoms with Gasteiger partial charge in [0.15, 0.2) is 0 Å². The van der Waals surface area contributed by atoms with Crippen LogP contribution in [0.5, 0.6) is 0 Å². The van der Waals surface area contributed by atoms with Crippen molar-refractivity contribution in [2.75, 3.05) is 6.54 Å². The first-order valence-corrected chi connectivity index (χ1v) is 8.80. The number of benzene rings is 1. The molecule has 0 N–H and O–H groups in total. The predicted octanol–water partition coefficient (Wildman–Crippen LogP) is 4.95. The van der Waals surface area contributed by atoms with Crippen molar-refractivity contribution in [3.63, 3.8) is 0 Å². The summed E-state index contributed by atoms with van der Waals surface area (Å²) < 4.78 is 6.62. The van der Waals surface area contributed by atoms with Crippen LogP contribution >= 0.6 is 22.9 Å². The van der Waals surface area contributed by atoms with Crippen molar-refractivity contribution < 1.29 is 4.42 Å². The summed E-state index contributed by atoms with van der Waals surface area (Å²) in [7, 11) is 0. The molecule has 1 aromatic carbocycles. The molecule has 4 nitrogen and oxygen atoms in total. The van der Waals surface area contributed by atoms with Crippen molar-refractivity contribution in [3.05, 3.63) is 69.7 Å². The topological polar surface area (TPSA) is 42.2 Å². The van der Waals surface area contributed by atoms with Gasteiger partial charge in [-0.3, -0.25) is 4.90 Å². The Bertz CT molecular complexity index is 827. The zero-order valence-electron chi connectivity index (χ0n) is 13.4. The second kappa shape index (κ2) is 7.75. The summed E-state index contributed by atoms with van der Waals surface area (Å²) in [5.41, 5.74) is 2.10. The van der Waals surface area contributed by atoms with Crippen LogP contribution in [0, 0.1) is 6.92 Å². The maximum atomic E-state index is 6.00. The van der Waals surface area contributed by atoms with E-state index in [1.165, 1.54) is 4.88 Å². The predicted molar refractivity (Wildman–Crippen MR) is 98.1 cm³/mol. The van der Waals surface area contributed by atoms with Gasteiger partial charge in [0.25, 0.3) is 0 Å². The third kappa shape index (κ3) is 4.32. The number of aryl methyl sites for hydroxylation is 1. The summed E-state index contributed by atoms with van der Waals surface area (Å²) in [6.45, 7) is 7.93. The fourth-order valence-corrected chi connectivity index (χ4v) is 3.56. The second-order valence-corrected chi connectivity index (χ2v) is 7.33. The van der Waals surface area contributed by atoms with E-state index in [0.29, 0.717) is 18.3 Å². The molecule has 0 fully saturated rings. The van der Waals surface area contributed by atoms with E-state index in [2.05, 4.69) is 21.7 Å². The van der Waals surface area contributed by atoms with Crippen LogP contribution in [0.25, 0.3) is 11.5 Å². The van der Waals surface area contributed by atoms with E-state index < -0.39 is 0 Å². The molecular formula is C18H18ClN3OS. The van der Waals surface area contributed by atoms with Gasteiger partial charge in [-0.25, -0.2) is 0 Å². The summed E-state index contributed by atoms with van der Waals surface area (Å²) in [5, 5.41) is 8.34. The highest BCUT2D eigenvalue weighted by atomic mass is 35.5. The smallest absolute Gasteiger partial charge is 0.247 e. The van der Waals surface area contributed by atoms with Crippen LogP contribution in [0.1, 0.15) is 16.3 Å². The van der Waals surface area contributed by atoms with E-state index in [0.717, 1.165) is 28.6 Å². The van der Waals surface area contributed by atoms with Crippen LogP contribution < -0.4 is 0 Å². The third-order valence-corrected chi connectivity index (χ3v) is 4.70. The van der Waals surface area contributed by atoms with Crippen LogP contribution in [-0.2, 0) is 13.1 Å². The normalized spacial score (nSPS) is 11.1. The molecule has 3 rings (SSSR count). The second-order valence-electron chi connectivity index (χ2n) is 5.53. The van der Waals surface area contributed by atoms with E-state index >= 15 is 0 Å². The average Bonchev–Trinajstić information content (AvgIpc) is 3.17. The molecule has 3 aromatic rings. The molecule has 124 valence electrons. The zero-order valence-corrected chi connectivity index (χ0v) is 15.0. The summed E-state index contributed by atoms with van der Waals surface area (Å²) >= 11 is 7.58. The molecule has 0 spiro atoms. The monoisotopic (exact) mass is 359 g/mol. The number of rotatable bonds is 7. The summed E-state index contributed by atoms with van der Waals surface area (Å²) in [4.78, 5) is 3.38. The van der Waals surface area contributed by atoms with Crippen molar-refractivity contribution in [2.45, 2.75) is 20.0 Å². The lowest BCUT2D eigenvalue weighted by atomic mass is 10.1. The lowest BCUT2D eigenvalue weighted by Gasteiger charge is -2.17. The Morgan fingerprint density at radius 3 is 2.83 bits per heavy atom. The van der Waals surface area contributed by atoms with Gasteiger partial charge in [-0.15, -0.1) is 28.1 Å². The standard InChI is InChI=1S/C18H18ClN3OS/c1-3-9-22(11-15-7-8-16(19)24-15)12-17-20-21-18(23-17)14-6-4-5-13(2)10-14/h3-8,10H,1,9,11-12H2,2H3. The number of hydrogen-bond acceptors (Lipinski definition) is 5. The Labute approximate surface area is 150 Å².